The van der Waals surface area contributed by atoms with Crippen LogP contribution in [0.25, 0.3) is 0 Å². The molecular formula is C23H27Cl2N7O5. The van der Waals surface area contributed by atoms with E-state index in [1.54, 1.807) is 19.3 Å². The lowest BCUT2D eigenvalue weighted by atomic mass is 9.99. The van der Waals surface area contributed by atoms with E-state index in [4.69, 9.17) is 32.7 Å². The topological polar surface area (TPSA) is 141 Å². The van der Waals surface area contributed by atoms with Gasteiger partial charge in [0, 0.05) is 37.8 Å². The Morgan fingerprint density at radius 2 is 1.95 bits per heavy atom. The molecule has 198 valence electrons. The molecule has 0 bridgehead atoms. The predicted molar refractivity (Wildman–Crippen MR) is 140 cm³/mol. The number of aliphatic hydroxyl groups is 1. The first-order chi connectivity index (χ1) is 17.7. The molecule has 1 fully saturated rings. The summed E-state index contributed by atoms with van der Waals surface area (Å²) in [5.41, 5.74) is 0.896. The highest BCUT2D eigenvalue weighted by atomic mass is 35.5. The minimum Gasteiger partial charge on any atom is -0.495 e. The zero-order valence-electron chi connectivity index (χ0n) is 20.4. The number of halogens is 2. The fraction of sp³-hybridized carbons (Fsp3) is 0.391. The van der Waals surface area contributed by atoms with Crippen molar-refractivity contribution in [1.82, 2.24) is 20.6 Å². The highest BCUT2D eigenvalue weighted by Crippen LogP contribution is 2.47. The van der Waals surface area contributed by atoms with Crippen molar-refractivity contribution < 1.29 is 24.2 Å². The van der Waals surface area contributed by atoms with Gasteiger partial charge in [0.25, 0.3) is 0 Å². The highest BCUT2D eigenvalue weighted by Gasteiger charge is 2.36. The summed E-state index contributed by atoms with van der Waals surface area (Å²) < 4.78 is 10.7. The summed E-state index contributed by atoms with van der Waals surface area (Å²) in [6, 6.07) is 0.400. The second kappa shape index (κ2) is 11.0. The van der Waals surface area contributed by atoms with Gasteiger partial charge in [-0.25, -0.2) is 9.78 Å². The molecule has 0 saturated carbocycles. The van der Waals surface area contributed by atoms with Crippen molar-refractivity contribution in [3.63, 3.8) is 0 Å². The van der Waals surface area contributed by atoms with Crippen LogP contribution < -0.4 is 35.2 Å². The van der Waals surface area contributed by atoms with Crippen molar-refractivity contribution in [2.24, 2.45) is 0 Å². The van der Waals surface area contributed by atoms with Gasteiger partial charge in [-0.15, -0.1) is 0 Å². The molecule has 1 aromatic carbocycles. The summed E-state index contributed by atoms with van der Waals surface area (Å²) in [6.07, 6.45) is 2.29. The number of amides is 3. The van der Waals surface area contributed by atoms with Crippen LogP contribution in [-0.2, 0) is 11.3 Å². The van der Waals surface area contributed by atoms with Gasteiger partial charge >= 0.3 is 6.03 Å². The zero-order valence-corrected chi connectivity index (χ0v) is 21.9. The van der Waals surface area contributed by atoms with Crippen LogP contribution in [0, 0.1) is 0 Å². The third kappa shape index (κ3) is 5.23. The monoisotopic (exact) mass is 551 g/mol. The van der Waals surface area contributed by atoms with Crippen molar-refractivity contribution in [3.05, 3.63) is 40.5 Å². The van der Waals surface area contributed by atoms with Gasteiger partial charge in [0.1, 0.15) is 33.6 Å². The summed E-state index contributed by atoms with van der Waals surface area (Å²) >= 11 is 13.1. The number of ether oxygens (including phenoxy) is 2. The zero-order chi connectivity index (χ0) is 26.9. The van der Waals surface area contributed by atoms with Crippen LogP contribution in [0.2, 0.25) is 10.0 Å². The van der Waals surface area contributed by atoms with Gasteiger partial charge in [0.05, 0.1) is 38.5 Å². The minimum atomic E-state index is -0.763. The van der Waals surface area contributed by atoms with E-state index in [-0.39, 0.29) is 46.6 Å². The molecule has 14 heteroatoms. The van der Waals surface area contributed by atoms with E-state index >= 15 is 0 Å². The molecule has 2 aliphatic heterocycles. The summed E-state index contributed by atoms with van der Waals surface area (Å²) in [5.74, 6) is 0.913. The van der Waals surface area contributed by atoms with Crippen LogP contribution in [0.1, 0.15) is 12.0 Å². The lowest BCUT2D eigenvalue weighted by Crippen LogP contribution is -2.59. The van der Waals surface area contributed by atoms with E-state index in [0.29, 0.717) is 29.4 Å². The molecule has 3 amide bonds. The SMILES string of the molecule is C=CC(=O)NC1CC(O)NCC1Nc1ncc2c(n1)N(C)C(=O)N(c1c(Cl)c(OC)cc(OC)c1Cl)C2. The average Bonchev–Trinajstić information content (AvgIpc) is 2.89. The summed E-state index contributed by atoms with van der Waals surface area (Å²) in [6.45, 7) is 3.92. The van der Waals surface area contributed by atoms with Crippen molar-refractivity contribution in [1.29, 1.82) is 0 Å². The second-order valence-corrected chi connectivity index (χ2v) is 9.21. The Kier molecular flexibility index (Phi) is 7.93. The number of urea groups is 1. The lowest BCUT2D eigenvalue weighted by Gasteiger charge is -2.37. The van der Waals surface area contributed by atoms with Crippen LogP contribution in [0.3, 0.4) is 0 Å². The molecule has 3 atom stereocenters. The number of nitrogens with zero attached hydrogens (tertiary/aromatic N) is 4. The lowest BCUT2D eigenvalue weighted by molar-refractivity contribution is -0.117. The number of benzene rings is 1. The number of aliphatic hydroxyl groups excluding tert-OH is 1. The Balaban J connectivity index is 1.62. The van der Waals surface area contributed by atoms with E-state index < -0.39 is 18.3 Å². The predicted octanol–water partition coefficient (Wildman–Crippen LogP) is 2.14. The number of methoxy groups -OCH3 is 2. The van der Waals surface area contributed by atoms with Crippen LogP contribution in [0.5, 0.6) is 11.5 Å². The largest absolute Gasteiger partial charge is 0.495 e. The number of aromatic nitrogens is 2. The van der Waals surface area contributed by atoms with Gasteiger partial charge in [-0.3, -0.25) is 19.9 Å². The Morgan fingerprint density at radius 3 is 2.57 bits per heavy atom. The van der Waals surface area contributed by atoms with Gasteiger partial charge in [-0.05, 0) is 6.08 Å². The van der Waals surface area contributed by atoms with Crippen LogP contribution in [0.15, 0.2) is 24.9 Å². The third-order valence-electron chi connectivity index (χ3n) is 6.19. The standard InChI is InChI=1S/C23H27Cl2N7O5/c1-5-16(33)28-12-6-17(34)26-9-13(12)29-22-27-8-11-10-32(23(35)31(2)21(11)30-22)20-18(24)14(36-3)7-15(37-4)19(20)25/h5,7-8,12-13,17,26,34H,1,6,9-10H2,2-4H3,(H,28,33)(H,27,29,30). The van der Waals surface area contributed by atoms with Crippen LogP contribution in [-0.4, -0.2) is 73.1 Å². The molecule has 2 aromatic rings. The number of carbonyl (C=O) groups is 2. The molecular weight excluding hydrogens is 525 g/mol. The number of carbonyl (C=O) groups excluding carboxylic acids is 2. The fourth-order valence-corrected chi connectivity index (χ4v) is 4.98. The fourth-order valence-electron chi connectivity index (χ4n) is 4.28. The van der Waals surface area contributed by atoms with Crippen LogP contribution >= 0.6 is 23.2 Å². The van der Waals surface area contributed by atoms with Crippen molar-refractivity contribution in [3.8, 4) is 11.5 Å². The van der Waals surface area contributed by atoms with Gasteiger partial charge < -0.3 is 25.2 Å². The number of hydrogen-bond acceptors (Lipinski definition) is 9. The molecule has 4 N–H and O–H groups in total. The van der Waals surface area contributed by atoms with E-state index in [2.05, 4.69) is 32.5 Å². The first-order valence-corrected chi connectivity index (χ1v) is 12.1. The van der Waals surface area contributed by atoms with Crippen molar-refractivity contribution >= 4 is 52.6 Å². The molecule has 37 heavy (non-hydrogen) atoms. The molecule has 1 aromatic heterocycles. The Bertz CT molecular complexity index is 1200. The van der Waals surface area contributed by atoms with Crippen molar-refractivity contribution in [2.45, 2.75) is 31.3 Å². The molecule has 3 unspecified atom stereocenters. The average molecular weight is 552 g/mol. The first-order valence-electron chi connectivity index (χ1n) is 11.3. The molecule has 0 aliphatic carbocycles. The van der Waals surface area contributed by atoms with Gasteiger partial charge in [-0.2, -0.15) is 4.98 Å². The number of fused-ring (bicyclic) bond motifs is 1. The Labute approximate surface area is 223 Å². The minimum absolute atomic E-state index is 0.101. The first kappa shape index (κ1) is 26.7. The Morgan fingerprint density at radius 1 is 1.27 bits per heavy atom. The molecule has 4 rings (SSSR count). The number of piperidine rings is 1. The quantitative estimate of drug-likeness (QED) is 0.380. The summed E-state index contributed by atoms with van der Waals surface area (Å²) in [7, 11) is 4.49. The van der Waals surface area contributed by atoms with Gasteiger partial charge in [-0.1, -0.05) is 29.8 Å². The molecule has 0 spiro atoms. The second-order valence-electron chi connectivity index (χ2n) is 8.46. The molecule has 0 radical (unpaired) electrons. The number of rotatable bonds is 7. The maximum absolute atomic E-state index is 13.4. The van der Waals surface area contributed by atoms with E-state index in [1.165, 1.54) is 30.1 Å². The summed E-state index contributed by atoms with van der Waals surface area (Å²) in [5, 5.41) is 19.2. The highest BCUT2D eigenvalue weighted by molar-refractivity contribution is 6.42. The normalized spacial score (nSPS) is 21.2. The molecule has 2 aliphatic rings. The van der Waals surface area contributed by atoms with E-state index in [1.807, 2.05) is 0 Å². The van der Waals surface area contributed by atoms with E-state index in [0.717, 1.165) is 0 Å². The number of anilines is 3. The summed E-state index contributed by atoms with van der Waals surface area (Å²) in [4.78, 5) is 37.0. The smallest absolute Gasteiger partial charge is 0.330 e. The maximum Gasteiger partial charge on any atom is 0.330 e. The third-order valence-corrected chi connectivity index (χ3v) is 6.92. The van der Waals surface area contributed by atoms with Crippen LogP contribution in [0.4, 0.5) is 22.2 Å². The molecule has 1 saturated heterocycles. The number of hydrogen-bond donors (Lipinski definition) is 4. The number of nitrogens with one attached hydrogen (secondary N) is 3. The molecule has 12 nitrogen and oxygen atoms in total. The van der Waals surface area contributed by atoms with Gasteiger partial charge in [0.15, 0.2) is 0 Å². The van der Waals surface area contributed by atoms with E-state index in [9.17, 15) is 14.7 Å². The van der Waals surface area contributed by atoms with Gasteiger partial charge in [0.2, 0.25) is 11.9 Å². The van der Waals surface area contributed by atoms with Crippen molar-refractivity contribution in [2.75, 3.05) is 42.9 Å². The maximum atomic E-state index is 13.4. The molecule has 3 heterocycles. The Hall–Kier alpha value is -3.32.